The van der Waals surface area contributed by atoms with Crippen molar-refractivity contribution < 1.29 is 19.1 Å². The molecule has 0 aromatic heterocycles. The number of carbonyl (C=O) groups excluding carboxylic acids is 3. The Morgan fingerprint density at radius 1 is 1.31 bits per heavy atom. The molecule has 0 unspecified atom stereocenters. The number of benzene rings is 1. The highest BCUT2D eigenvalue weighted by atomic mass is 35.5. The first-order valence-corrected chi connectivity index (χ1v) is 8.94. The van der Waals surface area contributed by atoms with Gasteiger partial charge in [0.05, 0.1) is 16.4 Å². The van der Waals surface area contributed by atoms with Crippen LogP contribution in [0.3, 0.4) is 0 Å². The summed E-state index contributed by atoms with van der Waals surface area (Å²) >= 11 is 6.14. The van der Waals surface area contributed by atoms with Crippen LogP contribution in [0.2, 0.25) is 5.02 Å². The van der Waals surface area contributed by atoms with Crippen LogP contribution in [-0.2, 0) is 9.59 Å². The highest BCUT2D eigenvalue weighted by molar-refractivity contribution is 6.34. The van der Waals surface area contributed by atoms with Gasteiger partial charge in [-0.05, 0) is 25.8 Å². The summed E-state index contributed by atoms with van der Waals surface area (Å²) in [5, 5.41) is 11.0. The minimum absolute atomic E-state index is 0.0986. The molecular formula is C17H21ClN4O4. The molecule has 140 valence electrons. The molecular weight excluding hydrogens is 360 g/mol. The molecule has 8 nitrogen and oxygen atoms in total. The van der Waals surface area contributed by atoms with E-state index in [2.05, 4.69) is 21.3 Å². The van der Waals surface area contributed by atoms with Gasteiger partial charge in [-0.25, -0.2) is 4.79 Å². The summed E-state index contributed by atoms with van der Waals surface area (Å²) in [4.78, 5) is 35.6. The molecule has 0 saturated heterocycles. The SMILES string of the molecule is C[C@H](NC(=O)Nc1cc2c(cc1Cl)NC(=O)CO2)C(=O)NC1CCCC1. The smallest absolute Gasteiger partial charge is 0.319 e. The van der Waals surface area contributed by atoms with Crippen LogP contribution in [-0.4, -0.2) is 36.5 Å². The first-order valence-electron chi connectivity index (χ1n) is 8.56. The lowest BCUT2D eigenvalue weighted by Gasteiger charge is -2.21. The molecule has 1 heterocycles. The van der Waals surface area contributed by atoms with Crippen molar-refractivity contribution in [3.05, 3.63) is 17.2 Å². The summed E-state index contributed by atoms with van der Waals surface area (Å²) in [6.07, 6.45) is 4.19. The fourth-order valence-electron chi connectivity index (χ4n) is 3.01. The van der Waals surface area contributed by atoms with Gasteiger partial charge in [0.2, 0.25) is 5.91 Å². The van der Waals surface area contributed by atoms with E-state index in [0.29, 0.717) is 17.1 Å². The molecule has 26 heavy (non-hydrogen) atoms. The highest BCUT2D eigenvalue weighted by Crippen LogP contribution is 2.36. The molecule has 1 aromatic carbocycles. The molecule has 9 heteroatoms. The van der Waals surface area contributed by atoms with E-state index in [0.717, 1.165) is 25.7 Å². The van der Waals surface area contributed by atoms with Crippen molar-refractivity contribution >= 4 is 40.8 Å². The number of amides is 4. The molecule has 2 aliphatic rings. The number of fused-ring (bicyclic) bond motifs is 1. The lowest BCUT2D eigenvalue weighted by atomic mass is 10.2. The van der Waals surface area contributed by atoms with Crippen LogP contribution in [0.15, 0.2) is 12.1 Å². The van der Waals surface area contributed by atoms with E-state index in [9.17, 15) is 14.4 Å². The number of urea groups is 1. The van der Waals surface area contributed by atoms with Crippen molar-refractivity contribution in [3.8, 4) is 5.75 Å². The molecule has 1 aliphatic heterocycles. The zero-order valence-electron chi connectivity index (χ0n) is 14.4. The molecule has 1 aromatic rings. The molecule has 0 radical (unpaired) electrons. The minimum Gasteiger partial charge on any atom is -0.482 e. The Hall–Kier alpha value is -2.48. The Bertz CT molecular complexity index is 734. The maximum Gasteiger partial charge on any atom is 0.319 e. The van der Waals surface area contributed by atoms with E-state index in [1.807, 2.05) is 0 Å². The molecule has 1 aliphatic carbocycles. The Morgan fingerprint density at radius 3 is 2.77 bits per heavy atom. The quantitative estimate of drug-likeness (QED) is 0.642. The Morgan fingerprint density at radius 2 is 2.04 bits per heavy atom. The minimum atomic E-state index is -0.678. The second-order valence-corrected chi connectivity index (χ2v) is 6.88. The topological polar surface area (TPSA) is 109 Å². The van der Waals surface area contributed by atoms with Crippen LogP contribution in [0.5, 0.6) is 5.75 Å². The second-order valence-electron chi connectivity index (χ2n) is 6.48. The zero-order chi connectivity index (χ0) is 18.7. The first-order chi connectivity index (χ1) is 12.4. The number of rotatable bonds is 4. The average molecular weight is 381 g/mol. The van der Waals surface area contributed by atoms with Crippen molar-refractivity contribution in [1.29, 1.82) is 0 Å². The van der Waals surface area contributed by atoms with E-state index in [4.69, 9.17) is 16.3 Å². The Labute approximate surface area is 156 Å². The lowest BCUT2D eigenvalue weighted by molar-refractivity contribution is -0.123. The van der Waals surface area contributed by atoms with Gasteiger partial charge < -0.3 is 26.0 Å². The van der Waals surface area contributed by atoms with Crippen LogP contribution in [0.1, 0.15) is 32.6 Å². The summed E-state index contributed by atoms with van der Waals surface area (Å²) in [5.41, 5.74) is 0.768. The fourth-order valence-corrected chi connectivity index (χ4v) is 3.22. The zero-order valence-corrected chi connectivity index (χ0v) is 15.1. The molecule has 1 atom stereocenters. The predicted octanol–water partition coefficient (Wildman–Crippen LogP) is 2.24. The van der Waals surface area contributed by atoms with Gasteiger partial charge in [-0.3, -0.25) is 9.59 Å². The van der Waals surface area contributed by atoms with Crippen LogP contribution in [0, 0.1) is 0 Å². The number of hydrogen-bond acceptors (Lipinski definition) is 4. The van der Waals surface area contributed by atoms with Gasteiger partial charge in [0.25, 0.3) is 5.91 Å². The van der Waals surface area contributed by atoms with E-state index in [1.54, 1.807) is 6.92 Å². The first kappa shape index (κ1) is 18.3. The van der Waals surface area contributed by atoms with Gasteiger partial charge in [-0.1, -0.05) is 24.4 Å². The largest absolute Gasteiger partial charge is 0.482 e. The van der Waals surface area contributed by atoms with Crippen molar-refractivity contribution in [2.75, 3.05) is 17.2 Å². The predicted molar refractivity (Wildman–Crippen MR) is 97.6 cm³/mol. The molecule has 4 N–H and O–H groups in total. The Kier molecular flexibility index (Phi) is 5.51. The fraction of sp³-hybridized carbons (Fsp3) is 0.471. The monoisotopic (exact) mass is 380 g/mol. The van der Waals surface area contributed by atoms with Crippen molar-refractivity contribution in [2.45, 2.75) is 44.7 Å². The van der Waals surface area contributed by atoms with E-state index in [1.165, 1.54) is 12.1 Å². The second kappa shape index (κ2) is 7.82. The van der Waals surface area contributed by atoms with Crippen LogP contribution < -0.4 is 26.0 Å². The summed E-state index contributed by atoms with van der Waals surface area (Å²) in [5.74, 6) is -0.0694. The number of halogens is 1. The third-order valence-corrected chi connectivity index (χ3v) is 4.71. The van der Waals surface area contributed by atoms with Gasteiger partial charge >= 0.3 is 6.03 Å². The van der Waals surface area contributed by atoms with Crippen molar-refractivity contribution in [1.82, 2.24) is 10.6 Å². The molecule has 1 fully saturated rings. The third-order valence-electron chi connectivity index (χ3n) is 4.39. The number of anilines is 2. The van der Waals surface area contributed by atoms with E-state index in [-0.39, 0.29) is 29.5 Å². The number of nitrogens with one attached hydrogen (secondary N) is 4. The van der Waals surface area contributed by atoms with Crippen LogP contribution in [0.25, 0.3) is 0 Å². The van der Waals surface area contributed by atoms with Crippen molar-refractivity contribution in [3.63, 3.8) is 0 Å². The van der Waals surface area contributed by atoms with E-state index < -0.39 is 12.1 Å². The molecule has 0 bridgehead atoms. The number of ether oxygens (including phenoxy) is 1. The highest BCUT2D eigenvalue weighted by Gasteiger charge is 2.23. The Balaban J connectivity index is 1.57. The van der Waals surface area contributed by atoms with Gasteiger partial charge in [-0.15, -0.1) is 0 Å². The molecule has 0 spiro atoms. The summed E-state index contributed by atoms with van der Waals surface area (Å²) in [7, 11) is 0. The summed E-state index contributed by atoms with van der Waals surface area (Å²) in [6, 6.07) is 1.99. The lowest BCUT2D eigenvalue weighted by Crippen LogP contribution is -2.48. The third kappa shape index (κ3) is 4.37. The van der Waals surface area contributed by atoms with Crippen LogP contribution in [0.4, 0.5) is 16.2 Å². The van der Waals surface area contributed by atoms with Gasteiger partial charge in [0, 0.05) is 12.1 Å². The maximum absolute atomic E-state index is 12.2. The standard InChI is InChI=1S/C17H21ClN4O4/c1-9(16(24)20-10-4-2-3-5-10)19-17(25)22-12-7-14-13(6-11(12)18)21-15(23)8-26-14/h6-7,9-10H,2-5,8H2,1H3,(H,20,24)(H,21,23)(H2,19,22,25)/t9-/m0/s1. The van der Waals surface area contributed by atoms with Gasteiger partial charge in [0.15, 0.2) is 6.61 Å². The number of hydrogen-bond donors (Lipinski definition) is 4. The number of carbonyl (C=O) groups is 3. The summed E-state index contributed by atoms with van der Waals surface area (Å²) in [6.45, 7) is 1.52. The van der Waals surface area contributed by atoms with Gasteiger partial charge in [-0.2, -0.15) is 0 Å². The molecule has 4 amide bonds. The van der Waals surface area contributed by atoms with Gasteiger partial charge in [0.1, 0.15) is 11.8 Å². The summed E-state index contributed by atoms with van der Waals surface area (Å²) < 4.78 is 5.30. The van der Waals surface area contributed by atoms with Crippen molar-refractivity contribution in [2.24, 2.45) is 0 Å². The van der Waals surface area contributed by atoms with E-state index >= 15 is 0 Å². The van der Waals surface area contributed by atoms with Crippen LogP contribution >= 0.6 is 11.6 Å². The average Bonchev–Trinajstić information content (AvgIpc) is 3.08. The maximum atomic E-state index is 12.2. The molecule has 3 rings (SSSR count). The normalized spacial score (nSPS) is 17.5. The molecule has 1 saturated carbocycles.